The van der Waals surface area contributed by atoms with E-state index in [1.54, 1.807) is 11.8 Å². The van der Waals surface area contributed by atoms with Gasteiger partial charge in [-0.1, -0.05) is 30.3 Å². The second kappa shape index (κ2) is 5.70. The normalized spacial score (nSPS) is 10.2. The van der Waals surface area contributed by atoms with Crippen molar-refractivity contribution in [1.82, 2.24) is 4.98 Å². The van der Waals surface area contributed by atoms with Gasteiger partial charge < -0.3 is 5.43 Å². The number of nitrogens with zero attached hydrogens (tertiary/aromatic N) is 1. The number of rotatable bonds is 4. The highest BCUT2D eigenvalue weighted by Crippen LogP contribution is 2.23. The van der Waals surface area contributed by atoms with Crippen LogP contribution in [0.25, 0.3) is 0 Å². The average Bonchev–Trinajstić information content (AvgIpc) is 2.38. The number of aromatic nitrogens is 1. The van der Waals surface area contributed by atoms with Gasteiger partial charge in [-0.3, -0.25) is 0 Å². The second-order valence-electron chi connectivity index (χ2n) is 3.72. The molecule has 1 heterocycles. The molecule has 0 spiro atoms. The molecule has 4 heteroatoms. The smallest absolute Gasteiger partial charge is 0.141 e. The summed E-state index contributed by atoms with van der Waals surface area (Å²) in [6.07, 6.45) is 0. The molecule has 1 aromatic carbocycles. The van der Waals surface area contributed by atoms with E-state index in [2.05, 4.69) is 41.6 Å². The van der Waals surface area contributed by atoms with Crippen LogP contribution in [0.2, 0.25) is 0 Å². The van der Waals surface area contributed by atoms with Crippen LogP contribution in [0.1, 0.15) is 11.1 Å². The van der Waals surface area contributed by atoms with E-state index in [1.807, 2.05) is 18.2 Å². The number of thioether (sulfide) groups is 1. The summed E-state index contributed by atoms with van der Waals surface area (Å²) in [4.78, 5) is 4.36. The van der Waals surface area contributed by atoms with Crippen LogP contribution in [0.4, 0.5) is 5.82 Å². The quantitative estimate of drug-likeness (QED) is 0.494. The summed E-state index contributed by atoms with van der Waals surface area (Å²) in [5.74, 6) is 6.95. The lowest BCUT2D eigenvalue weighted by atomic mass is 10.1. The van der Waals surface area contributed by atoms with Crippen molar-refractivity contribution in [3.8, 4) is 0 Å². The topological polar surface area (TPSA) is 50.9 Å². The van der Waals surface area contributed by atoms with Gasteiger partial charge in [0.1, 0.15) is 5.82 Å². The number of hydrazine groups is 1. The van der Waals surface area contributed by atoms with Gasteiger partial charge in [-0.05, 0) is 30.2 Å². The number of anilines is 1. The molecule has 3 nitrogen and oxygen atoms in total. The molecule has 2 rings (SSSR count). The predicted octanol–water partition coefficient (Wildman–Crippen LogP) is 2.97. The van der Waals surface area contributed by atoms with Gasteiger partial charge in [0.2, 0.25) is 0 Å². The summed E-state index contributed by atoms with van der Waals surface area (Å²) < 4.78 is 0. The third kappa shape index (κ3) is 3.22. The molecule has 0 aliphatic rings. The van der Waals surface area contributed by atoms with Gasteiger partial charge in [0, 0.05) is 5.75 Å². The van der Waals surface area contributed by atoms with Crippen LogP contribution >= 0.6 is 11.8 Å². The molecule has 0 amide bonds. The van der Waals surface area contributed by atoms with E-state index in [4.69, 9.17) is 5.84 Å². The van der Waals surface area contributed by atoms with Gasteiger partial charge in [-0.15, -0.1) is 11.8 Å². The Morgan fingerprint density at radius 1 is 1.18 bits per heavy atom. The number of hydrogen-bond donors (Lipinski definition) is 2. The SMILES string of the molecule is Cc1ccccc1CSc1cccc(NN)n1. The first-order valence-corrected chi connectivity index (χ1v) is 6.39. The van der Waals surface area contributed by atoms with Crippen LogP contribution in [-0.2, 0) is 5.75 Å². The molecular weight excluding hydrogens is 230 g/mol. The van der Waals surface area contributed by atoms with Crippen LogP contribution in [0, 0.1) is 6.92 Å². The van der Waals surface area contributed by atoms with Gasteiger partial charge in [0.15, 0.2) is 0 Å². The molecule has 0 saturated heterocycles. The molecule has 0 radical (unpaired) electrons. The largest absolute Gasteiger partial charge is 0.308 e. The highest BCUT2D eigenvalue weighted by molar-refractivity contribution is 7.98. The lowest BCUT2D eigenvalue weighted by Crippen LogP contribution is -2.08. The zero-order chi connectivity index (χ0) is 12.1. The Morgan fingerprint density at radius 2 is 2.00 bits per heavy atom. The standard InChI is InChI=1S/C13H15N3S/c1-10-5-2-3-6-11(10)9-17-13-8-4-7-12(15-13)16-14/h2-8H,9,14H2,1H3,(H,15,16). The van der Waals surface area contributed by atoms with Crippen LogP contribution in [-0.4, -0.2) is 4.98 Å². The van der Waals surface area contributed by atoms with Gasteiger partial charge in [-0.2, -0.15) is 0 Å². The van der Waals surface area contributed by atoms with Crippen LogP contribution in [0.3, 0.4) is 0 Å². The monoisotopic (exact) mass is 245 g/mol. The molecule has 0 atom stereocenters. The zero-order valence-electron chi connectivity index (χ0n) is 9.68. The molecule has 0 aliphatic heterocycles. The molecule has 2 aromatic rings. The van der Waals surface area contributed by atoms with E-state index in [1.165, 1.54) is 11.1 Å². The van der Waals surface area contributed by atoms with Crippen LogP contribution in [0.15, 0.2) is 47.5 Å². The Labute approximate surface area is 105 Å². The molecule has 0 unspecified atom stereocenters. The summed E-state index contributed by atoms with van der Waals surface area (Å²) in [6, 6.07) is 14.2. The van der Waals surface area contributed by atoms with Crippen LogP contribution < -0.4 is 11.3 Å². The first kappa shape index (κ1) is 12.0. The number of pyridine rings is 1. The van der Waals surface area contributed by atoms with Crippen molar-refractivity contribution in [1.29, 1.82) is 0 Å². The molecule has 0 fully saturated rings. The lowest BCUT2D eigenvalue weighted by molar-refractivity contribution is 1.10. The number of nitrogens with two attached hydrogens (primary N) is 1. The van der Waals surface area contributed by atoms with E-state index in [9.17, 15) is 0 Å². The highest BCUT2D eigenvalue weighted by Gasteiger charge is 2.00. The van der Waals surface area contributed by atoms with Gasteiger partial charge >= 0.3 is 0 Å². The molecule has 88 valence electrons. The maximum atomic E-state index is 5.33. The number of hydrogen-bond acceptors (Lipinski definition) is 4. The first-order valence-electron chi connectivity index (χ1n) is 5.40. The second-order valence-corrected chi connectivity index (χ2v) is 4.72. The Morgan fingerprint density at radius 3 is 2.76 bits per heavy atom. The highest BCUT2D eigenvalue weighted by atomic mass is 32.2. The van der Waals surface area contributed by atoms with Crippen LogP contribution in [0.5, 0.6) is 0 Å². The Kier molecular flexibility index (Phi) is 4.01. The number of nitrogens with one attached hydrogen (secondary N) is 1. The number of aryl methyl sites for hydroxylation is 1. The molecule has 3 N–H and O–H groups in total. The average molecular weight is 245 g/mol. The third-order valence-electron chi connectivity index (χ3n) is 2.51. The number of benzene rings is 1. The van der Waals surface area contributed by atoms with E-state index in [0.717, 1.165) is 10.8 Å². The van der Waals surface area contributed by atoms with Crippen molar-refractivity contribution in [3.05, 3.63) is 53.6 Å². The number of nitrogen functional groups attached to an aromatic ring is 1. The zero-order valence-corrected chi connectivity index (χ0v) is 10.5. The Balaban J connectivity index is 2.05. The Bertz CT molecular complexity index is 500. The molecule has 17 heavy (non-hydrogen) atoms. The minimum absolute atomic E-state index is 0.694. The lowest BCUT2D eigenvalue weighted by Gasteiger charge is -2.06. The summed E-state index contributed by atoms with van der Waals surface area (Å²) in [5.41, 5.74) is 5.20. The minimum atomic E-state index is 0.694. The fraction of sp³-hybridized carbons (Fsp3) is 0.154. The fourth-order valence-corrected chi connectivity index (χ4v) is 2.46. The van der Waals surface area contributed by atoms with Crippen molar-refractivity contribution in [2.45, 2.75) is 17.7 Å². The maximum absolute atomic E-state index is 5.33. The molecule has 1 aromatic heterocycles. The van der Waals surface area contributed by atoms with Crippen molar-refractivity contribution in [2.24, 2.45) is 5.84 Å². The summed E-state index contributed by atoms with van der Waals surface area (Å²) in [7, 11) is 0. The minimum Gasteiger partial charge on any atom is -0.308 e. The predicted molar refractivity (Wildman–Crippen MR) is 72.8 cm³/mol. The summed E-state index contributed by atoms with van der Waals surface area (Å²) in [5, 5.41) is 0.976. The van der Waals surface area contributed by atoms with E-state index < -0.39 is 0 Å². The van der Waals surface area contributed by atoms with Gasteiger partial charge in [0.05, 0.1) is 5.03 Å². The molecule has 0 bridgehead atoms. The Hall–Kier alpha value is -1.52. The van der Waals surface area contributed by atoms with Gasteiger partial charge in [-0.25, -0.2) is 10.8 Å². The van der Waals surface area contributed by atoms with Crippen molar-refractivity contribution in [2.75, 3.05) is 5.43 Å². The van der Waals surface area contributed by atoms with Crippen molar-refractivity contribution >= 4 is 17.6 Å². The molecular formula is C13H15N3S. The molecule has 0 saturated carbocycles. The van der Waals surface area contributed by atoms with E-state index in [0.29, 0.717) is 5.82 Å². The third-order valence-corrected chi connectivity index (χ3v) is 3.49. The molecule has 0 aliphatic carbocycles. The fourth-order valence-electron chi connectivity index (χ4n) is 1.50. The first-order chi connectivity index (χ1) is 8.29. The van der Waals surface area contributed by atoms with Crippen molar-refractivity contribution in [3.63, 3.8) is 0 Å². The maximum Gasteiger partial charge on any atom is 0.141 e. The van der Waals surface area contributed by atoms with E-state index >= 15 is 0 Å². The summed E-state index contributed by atoms with van der Waals surface area (Å²) in [6.45, 7) is 2.13. The van der Waals surface area contributed by atoms with E-state index in [-0.39, 0.29) is 0 Å². The van der Waals surface area contributed by atoms with Gasteiger partial charge in [0.25, 0.3) is 0 Å². The summed E-state index contributed by atoms with van der Waals surface area (Å²) >= 11 is 1.71. The van der Waals surface area contributed by atoms with Crippen molar-refractivity contribution < 1.29 is 0 Å².